The molecule has 0 atom stereocenters. The molecule has 8 nitrogen and oxygen atoms in total. The highest BCUT2D eigenvalue weighted by Gasteiger charge is 2.32. The van der Waals surface area contributed by atoms with Crippen molar-refractivity contribution in [2.24, 2.45) is 7.05 Å². The second-order valence-electron chi connectivity index (χ2n) is 12.7. The molecule has 3 aromatic carbocycles. The number of carbonyl (C=O) groups is 2. The second-order valence-corrected chi connectivity index (χ2v) is 13.5. The van der Waals surface area contributed by atoms with Crippen molar-refractivity contribution in [3.05, 3.63) is 97.4 Å². The van der Waals surface area contributed by atoms with E-state index in [9.17, 15) is 9.59 Å². The van der Waals surface area contributed by atoms with Crippen molar-refractivity contribution in [2.75, 3.05) is 13.2 Å². The zero-order valence-electron chi connectivity index (χ0n) is 28.2. The molecule has 0 unspecified atom stereocenters. The summed E-state index contributed by atoms with van der Waals surface area (Å²) < 4.78 is 15.4. The molecule has 2 aromatic heterocycles. The fourth-order valence-corrected chi connectivity index (χ4v) is 7.45. The van der Waals surface area contributed by atoms with Gasteiger partial charge in [-0.1, -0.05) is 35.3 Å². The van der Waals surface area contributed by atoms with E-state index >= 15 is 0 Å². The number of hydrogen-bond donors (Lipinski definition) is 0. The first-order valence-corrected chi connectivity index (χ1v) is 17.0. The van der Waals surface area contributed by atoms with Crippen LogP contribution in [0.3, 0.4) is 0 Å². The van der Waals surface area contributed by atoms with E-state index in [1.165, 1.54) is 0 Å². The Morgan fingerprint density at radius 2 is 1.69 bits per heavy atom. The van der Waals surface area contributed by atoms with Gasteiger partial charge in [-0.25, -0.2) is 0 Å². The van der Waals surface area contributed by atoms with Crippen molar-refractivity contribution in [1.82, 2.24) is 19.2 Å². The number of aromatic nitrogens is 3. The number of benzene rings is 3. The van der Waals surface area contributed by atoms with Crippen LogP contribution < -0.4 is 9.47 Å². The van der Waals surface area contributed by atoms with E-state index in [0.29, 0.717) is 62.0 Å². The van der Waals surface area contributed by atoms with Gasteiger partial charge in [0.25, 0.3) is 12.4 Å². The molecule has 1 aliphatic heterocycles. The number of fused-ring (bicyclic) bond motifs is 3. The highest BCUT2D eigenvalue weighted by Crippen LogP contribution is 2.43. The first-order chi connectivity index (χ1) is 23.0. The Morgan fingerprint density at radius 1 is 0.938 bits per heavy atom. The van der Waals surface area contributed by atoms with E-state index in [1.807, 2.05) is 87.6 Å². The molecule has 0 aliphatic carbocycles. The molecule has 0 saturated heterocycles. The summed E-state index contributed by atoms with van der Waals surface area (Å²) >= 11 is 13.4. The highest BCUT2D eigenvalue weighted by atomic mass is 35.5. The number of halogens is 2. The summed E-state index contributed by atoms with van der Waals surface area (Å²) in [5, 5.41) is 7.09. The Hall–Kier alpha value is -4.27. The SMILES string of the molecule is Cc1cc(CN2CCCn3c(c(CCCOc4cc(C)c(Cl)c(C)c4)c4ccc(Cl)c(-c5c(C)nn(C)c5C)c43)C2=O)cc(OC=O)c1. The van der Waals surface area contributed by atoms with E-state index < -0.39 is 0 Å². The lowest BCUT2D eigenvalue weighted by Gasteiger charge is -2.22. The number of amides is 1. The van der Waals surface area contributed by atoms with Crippen LogP contribution in [0.2, 0.25) is 10.0 Å². The fraction of sp³-hybridized carbons (Fsp3) is 0.342. The van der Waals surface area contributed by atoms with Gasteiger partial charge < -0.3 is 18.9 Å². The Kier molecular flexibility index (Phi) is 9.59. The first kappa shape index (κ1) is 33.6. The molecule has 0 saturated carbocycles. The first-order valence-electron chi connectivity index (χ1n) is 16.2. The topological polar surface area (TPSA) is 78.6 Å². The van der Waals surface area contributed by atoms with Gasteiger partial charge >= 0.3 is 0 Å². The lowest BCUT2D eigenvalue weighted by atomic mass is 9.98. The van der Waals surface area contributed by atoms with Crippen molar-refractivity contribution in [1.29, 1.82) is 0 Å². The van der Waals surface area contributed by atoms with Gasteiger partial charge in [0.05, 0.1) is 22.8 Å². The average Bonchev–Trinajstić information content (AvgIpc) is 3.41. The van der Waals surface area contributed by atoms with Crippen molar-refractivity contribution >= 4 is 46.5 Å². The van der Waals surface area contributed by atoms with Crippen LogP contribution in [0, 0.1) is 34.6 Å². The van der Waals surface area contributed by atoms with Gasteiger partial charge in [-0.05, 0) is 112 Å². The number of carbonyl (C=O) groups excluding carboxylic acids is 2. The van der Waals surface area contributed by atoms with Crippen LogP contribution in [-0.4, -0.2) is 44.8 Å². The molecule has 48 heavy (non-hydrogen) atoms. The molecule has 1 aliphatic rings. The van der Waals surface area contributed by atoms with Crippen LogP contribution in [0.5, 0.6) is 11.5 Å². The Morgan fingerprint density at radius 3 is 2.38 bits per heavy atom. The number of rotatable bonds is 10. The number of ether oxygens (including phenoxy) is 2. The molecule has 250 valence electrons. The molecule has 5 aromatic rings. The largest absolute Gasteiger partial charge is 0.494 e. The van der Waals surface area contributed by atoms with Gasteiger partial charge in [0.2, 0.25) is 0 Å². The molecule has 0 spiro atoms. The number of hydrogen-bond acceptors (Lipinski definition) is 5. The third kappa shape index (κ3) is 6.31. The molecule has 0 radical (unpaired) electrons. The van der Waals surface area contributed by atoms with E-state index in [0.717, 1.165) is 78.4 Å². The molecule has 0 fully saturated rings. The summed E-state index contributed by atoms with van der Waals surface area (Å²) in [4.78, 5) is 27.6. The lowest BCUT2D eigenvalue weighted by molar-refractivity contribution is -0.120. The molecule has 3 heterocycles. The lowest BCUT2D eigenvalue weighted by Crippen LogP contribution is -2.31. The molecule has 6 rings (SSSR count). The van der Waals surface area contributed by atoms with Gasteiger partial charge in [0.1, 0.15) is 17.2 Å². The highest BCUT2D eigenvalue weighted by molar-refractivity contribution is 6.35. The minimum absolute atomic E-state index is 0.0374. The van der Waals surface area contributed by atoms with Gasteiger partial charge in [-0.15, -0.1) is 0 Å². The maximum atomic E-state index is 14.7. The minimum atomic E-state index is -0.0374. The van der Waals surface area contributed by atoms with Crippen molar-refractivity contribution in [3.8, 4) is 22.6 Å². The van der Waals surface area contributed by atoms with Gasteiger partial charge in [-0.3, -0.25) is 14.3 Å². The van der Waals surface area contributed by atoms with E-state index in [4.69, 9.17) is 37.8 Å². The predicted molar refractivity (Wildman–Crippen MR) is 191 cm³/mol. The van der Waals surface area contributed by atoms with Crippen LogP contribution in [0.1, 0.15) is 62.5 Å². The van der Waals surface area contributed by atoms with Crippen LogP contribution >= 0.6 is 23.2 Å². The monoisotopic (exact) mass is 686 g/mol. The maximum absolute atomic E-state index is 14.7. The minimum Gasteiger partial charge on any atom is -0.494 e. The van der Waals surface area contributed by atoms with E-state index in [-0.39, 0.29) is 5.91 Å². The summed E-state index contributed by atoms with van der Waals surface area (Å²) in [5.41, 5.74) is 10.2. The summed E-state index contributed by atoms with van der Waals surface area (Å²) in [5.74, 6) is 1.21. The Balaban J connectivity index is 1.43. The molecule has 1 amide bonds. The Bertz CT molecular complexity index is 2040. The molecular formula is C38H40Cl2N4O4. The predicted octanol–water partition coefficient (Wildman–Crippen LogP) is 8.48. The zero-order chi connectivity index (χ0) is 34.3. The van der Waals surface area contributed by atoms with E-state index in [2.05, 4.69) is 4.57 Å². The summed E-state index contributed by atoms with van der Waals surface area (Å²) in [6.07, 6.45) is 2.10. The summed E-state index contributed by atoms with van der Waals surface area (Å²) in [7, 11) is 1.94. The number of nitrogens with zero attached hydrogens (tertiary/aromatic N) is 4. The van der Waals surface area contributed by atoms with Gasteiger partial charge in [0.15, 0.2) is 0 Å². The third-order valence-corrected chi connectivity index (χ3v) is 10.2. The van der Waals surface area contributed by atoms with Gasteiger partial charge in [0, 0.05) is 53.9 Å². The summed E-state index contributed by atoms with van der Waals surface area (Å²) in [6.45, 7) is 12.5. The van der Waals surface area contributed by atoms with Gasteiger partial charge in [-0.2, -0.15) is 5.10 Å². The third-order valence-electron chi connectivity index (χ3n) is 9.25. The van der Waals surface area contributed by atoms with Crippen LogP contribution in [-0.2, 0) is 31.4 Å². The molecule has 10 heteroatoms. The quantitative estimate of drug-likeness (QED) is 0.109. The van der Waals surface area contributed by atoms with Crippen molar-refractivity contribution in [3.63, 3.8) is 0 Å². The molecular weight excluding hydrogens is 647 g/mol. The van der Waals surface area contributed by atoms with Crippen molar-refractivity contribution < 1.29 is 19.1 Å². The average molecular weight is 688 g/mol. The maximum Gasteiger partial charge on any atom is 0.298 e. The Labute approximate surface area is 291 Å². The molecule has 0 N–H and O–H groups in total. The fourth-order valence-electron chi connectivity index (χ4n) is 7.10. The van der Waals surface area contributed by atoms with Crippen molar-refractivity contribution in [2.45, 2.75) is 67.0 Å². The van der Waals surface area contributed by atoms with E-state index in [1.54, 1.807) is 6.07 Å². The summed E-state index contributed by atoms with van der Waals surface area (Å²) in [6, 6.07) is 13.6. The second kappa shape index (κ2) is 13.7. The normalized spacial score (nSPS) is 13.2. The molecule has 0 bridgehead atoms. The van der Waals surface area contributed by atoms with Crippen LogP contribution in [0.15, 0.2) is 42.5 Å². The smallest absolute Gasteiger partial charge is 0.298 e. The standard InChI is InChI=1S/C38H40Cl2N4O4/c1-22-15-27(19-28(16-22)48-21-45)20-43-12-8-13-44-36-31(10-11-32(39)34(36)33-25(4)41-42(6)26(33)5)30(37(44)38(43)46)9-7-14-47-29-17-23(2)35(40)24(3)18-29/h10-11,15-19,21H,7-9,12-14,20H2,1-6H3. The zero-order valence-corrected chi connectivity index (χ0v) is 29.8. The number of aryl methyl sites for hydroxylation is 7. The van der Waals surface area contributed by atoms with Crippen LogP contribution in [0.25, 0.3) is 22.0 Å². The van der Waals surface area contributed by atoms with Crippen LogP contribution in [0.4, 0.5) is 0 Å².